The Hall–Kier alpha value is -1.92. The van der Waals surface area contributed by atoms with Gasteiger partial charge >= 0.3 is 0 Å². The Morgan fingerprint density at radius 1 is 1.33 bits per heavy atom. The summed E-state index contributed by atoms with van der Waals surface area (Å²) in [5.74, 6) is 0.742. The second kappa shape index (κ2) is 5.83. The first-order valence-corrected chi connectivity index (χ1v) is 7.71. The Bertz CT molecular complexity index is 763. The number of rotatable bonds is 5. The summed E-state index contributed by atoms with van der Waals surface area (Å²) >= 11 is 1.57. The lowest BCUT2D eigenvalue weighted by atomic mass is 10.1. The predicted molar refractivity (Wildman–Crippen MR) is 82.8 cm³/mol. The number of ether oxygens (including phenoxy) is 1. The fraction of sp³-hybridized carbons (Fsp3) is 0.333. The van der Waals surface area contributed by atoms with Crippen molar-refractivity contribution in [3.05, 3.63) is 35.0 Å². The maximum Gasteiger partial charge on any atom is 0.213 e. The van der Waals surface area contributed by atoms with Gasteiger partial charge in [-0.25, -0.2) is 9.50 Å². The van der Waals surface area contributed by atoms with Crippen LogP contribution in [0.2, 0.25) is 0 Å². The molecule has 0 radical (unpaired) electrons. The van der Waals surface area contributed by atoms with Gasteiger partial charge in [0.05, 0.1) is 19.4 Å². The minimum atomic E-state index is -0.107. The summed E-state index contributed by atoms with van der Waals surface area (Å²) < 4.78 is 7.13. The second-order valence-electron chi connectivity index (χ2n) is 4.71. The maximum atomic E-state index is 9.73. The van der Waals surface area contributed by atoms with Gasteiger partial charge in [-0.3, -0.25) is 0 Å². The summed E-state index contributed by atoms with van der Waals surface area (Å²) in [5.41, 5.74) is 2.31. The van der Waals surface area contributed by atoms with Crippen LogP contribution in [-0.2, 0) is 13.0 Å². The molecule has 110 valence electrons. The molecular weight excluding hydrogens is 286 g/mol. The minimum absolute atomic E-state index is 0.107. The molecule has 0 saturated carbocycles. The zero-order valence-corrected chi connectivity index (χ0v) is 12.9. The molecular formula is C15H17N3O2S. The average molecular weight is 303 g/mol. The summed E-state index contributed by atoms with van der Waals surface area (Å²) in [7, 11) is 1.63. The van der Waals surface area contributed by atoms with Gasteiger partial charge in [0.25, 0.3) is 0 Å². The van der Waals surface area contributed by atoms with E-state index in [9.17, 15) is 5.11 Å². The van der Waals surface area contributed by atoms with Crippen LogP contribution in [0.5, 0.6) is 5.75 Å². The number of nitrogens with zero attached hydrogens (tertiary/aromatic N) is 3. The van der Waals surface area contributed by atoms with Crippen molar-refractivity contribution in [3.8, 4) is 17.0 Å². The van der Waals surface area contributed by atoms with E-state index in [0.29, 0.717) is 5.69 Å². The van der Waals surface area contributed by atoms with Gasteiger partial charge in [-0.15, -0.1) is 0 Å². The number of hydrogen-bond donors (Lipinski definition) is 1. The third kappa shape index (κ3) is 2.41. The van der Waals surface area contributed by atoms with E-state index in [2.05, 4.69) is 17.0 Å². The van der Waals surface area contributed by atoms with Crippen LogP contribution >= 0.6 is 11.3 Å². The zero-order valence-electron chi connectivity index (χ0n) is 12.0. The van der Waals surface area contributed by atoms with E-state index in [-0.39, 0.29) is 6.61 Å². The van der Waals surface area contributed by atoms with Crippen LogP contribution in [0, 0.1) is 0 Å². The summed E-state index contributed by atoms with van der Waals surface area (Å²) in [6.45, 7) is 2.02. The number of aliphatic hydroxyl groups excluding tert-OH is 1. The summed E-state index contributed by atoms with van der Waals surface area (Å²) in [5, 5.41) is 15.3. The first-order valence-electron chi connectivity index (χ1n) is 6.90. The minimum Gasteiger partial charge on any atom is -0.496 e. The van der Waals surface area contributed by atoms with E-state index >= 15 is 0 Å². The van der Waals surface area contributed by atoms with Crippen molar-refractivity contribution < 1.29 is 9.84 Å². The van der Waals surface area contributed by atoms with Gasteiger partial charge in [0.2, 0.25) is 4.96 Å². The normalized spacial score (nSPS) is 11.2. The summed E-state index contributed by atoms with van der Waals surface area (Å²) in [6.07, 6.45) is 1.98. The molecule has 0 unspecified atom stereocenters. The molecule has 0 aliphatic rings. The van der Waals surface area contributed by atoms with Crippen molar-refractivity contribution in [2.45, 2.75) is 26.4 Å². The molecule has 0 aliphatic heterocycles. The van der Waals surface area contributed by atoms with Gasteiger partial charge in [-0.2, -0.15) is 5.10 Å². The molecule has 3 rings (SSSR count). The maximum absolute atomic E-state index is 9.73. The molecule has 2 aromatic heterocycles. The topological polar surface area (TPSA) is 59.7 Å². The molecule has 2 heterocycles. The monoisotopic (exact) mass is 303 g/mol. The Morgan fingerprint density at radius 2 is 2.14 bits per heavy atom. The number of para-hydroxylation sites is 1. The number of imidazole rings is 1. The van der Waals surface area contributed by atoms with E-state index in [4.69, 9.17) is 4.74 Å². The van der Waals surface area contributed by atoms with Crippen molar-refractivity contribution in [2.75, 3.05) is 7.11 Å². The lowest BCUT2D eigenvalue weighted by molar-refractivity contribution is 0.275. The van der Waals surface area contributed by atoms with E-state index in [0.717, 1.165) is 39.8 Å². The van der Waals surface area contributed by atoms with Gasteiger partial charge < -0.3 is 9.84 Å². The highest BCUT2D eigenvalue weighted by Crippen LogP contribution is 2.33. The van der Waals surface area contributed by atoms with Crippen molar-refractivity contribution >= 4 is 16.3 Å². The fourth-order valence-corrected chi connectivity index (χ4v) is 3.36. The first-order chi connectivity index (χ1) is 10.3. The summed E-state index contributed by atoms with van der Waals surface area (Å²) in [6, 6.07) is 7.68. The smallest absolute Gasteiger partial charge is 0.213 e. The van der Waals surface area contributed by atoms with Gasteiger partial charge in [0.1, 0.15) is 16.5 Å². The molecule has 1 aromatic carbocycles. The highest BCUT2D eigenvalue weighted by atomic mass is 32.1. The molecule has 5 nitrogen and oxygen atoms in total. The Balaban J connectivity index is 2.16. The largest absolute Gasteiger partial charge is 0.496 e. The van der Waals surface area contributed by atoms with Crippen LogP contribution in [0.15, 0.2) is 24.3 Å². The number of methoxy groups -OCH3 is 1. The molecule has 0 saturated heterocycles. The lowest BCUT2D eigenvalue weighted by Gasteiger charge is -2.07. The van der Waals surface area contributed by atoms with Gasteiger partial charge in [-0.05, 0) is 18.6 Å². The van der Waals surface area contributed by atoms with Gasteiger partial charge in [0.15, 0.2) is 0 Å². The number of aryl methyl sites for hydroxylation is 1. The standard InChI is InChI=1S/C15H17N3O2S/c1-3-6-13-17-18-11(9-19)14(16-15(18)21-13)10-7-4-5-8-12(10)20-2/h4-5,7-8,19H,3,6,9H2,1-2H3. The molecule has 0 amide bonds. The Labute approximate surface area is 126 Å². The highest BCUT2D eigenvalue weighted by Gasteiger charge is 2.19. The number of fused-ring (bicyclic) bond motifs is 1. The number of aliphatic hydroxyl groups is 1. The SMILES string of the molecule is CCCc1nn2c(CO)c(-c3ccccc3OC)nc2s1. The first kappa shape index (κ1) is 14.0. The van der Waals surface area contributed by atoms with Crippen LogP contribution in [-0.4, -0.2) is 26.8 Å². The quantitative estimate of drug-likeness (QED) is 0.787. The summed E-state index contributed by atoms with van der Waals surface area (Å²) in [4.78, 5) is 5.45. The molecule has 1 N–H and O–H groups in total. The Kier molecular flexibility index (Phi) is 3.90. The third-order valence-corrected chi connectivity index (χ3v) is 4.28. The fourth-order valence-electron chi connectivity index (χ4n) is 2.34. The van der Waals surface area contributed by atoms with Crippen molar-refractivity contribution in [2.24, 2.45) is 0 Å². The molecule has 21 heavy (non-hydrogen) atoms. The van der Waals surface area contributed by atoms with E-state index in [1.807, 2.05) is 24.3 Å². The van der Waals surface area contributed by atoms with E-state index in [1.54, 1.807) is 23.0 Å². The van der Waals surface area contributed by atoms with Crippen molar-refractivity contribution in [1.82, 2.24) is 14.6 Å². The molecule has 0 spiro atoms. The van der Waals surface area contributed by atoms with E-state index in [1.165, 1.54) is 0 Å². The number of benzene rings is 1. The molecule has 0 bridgehead atoms. The molecule has 6 heteroatoms. The third-order valence-electron chi connectivity index (χ3n) is 3.31. The van der Waals surface area contributed by atoms with Crippen LogP contribution in [0.25, 0.3) is 16.2 Å². The highest BCUT2D eigenvalue weighted by molar-refractivity contribution is 7.16. The number of aromatic nitrogens is 3. The van der Waals surface area contributed by atoms with Crippen LogP contribution in [0.1, 0.15) is 24.0 Å². The van der Waals surface area contributed by atoms with Gasteiger partial charge in [-0.1, -0.05) is 30.4 Å². The van der Waals surface area contributed by atoms with Crippen LogP contribution < -0.4 is 4.74 Å². The van der Waals surface area contributed by atoms with Crippen molar-refractivity contribution in [3.63, 3.8) is 0 Å². The molecule has 0 aliphatic carbocycles. The second-order valence-corrected chi connectivity index (χ2v) is 5.75. The molecule has 3 aromatic rings. The lowest BCUT2D eigenvalue weighted by Crippen LogP contribution is -1.97. The average Bonchev–Trinajstić information content (AvgIpc) is 3.04. The predicted octanol–water partition coefficient (Wildman–Crippen LogP) is 2.91. The zero-order chi connectivity index (χ0) is 14.8. The van der Waals surface area contributed by atoms with E-state index < -0.39 is 0 Å². The van der Waals surface area contributed by atoms with Crippen LogP contribution in [0.4, 0.5) is 0 Å². The van der Waals surface area contributed by atoms with Crippen molar-refractivity contribution in [1.29, 1.82) is 0 Å². The molecule has 0 fully saturated rings. The van der Waals surface area contributed by atoms with Crippen LogP contribution in [0.3, 0.4) is 0 Å². The molecule has 0 atom stereocenters. The number of hydrogen-bond acceptors (Lipinski definition) is 5. The Morgan fingerprint density at radius 3 is 2.86 bits per heavy atom. The van der Waals surface area contributed by atoms with Gasteiger partial charge in [0, 0.05) is 12.0 Å².